The Balaban J connectivity index is 2.59. The normalized spacial score (nSPS) is 9.71. The molecule has 21 heavy (non-hydrogen) atoms. The summed E-state index contributed by atoms with van der Waals surface area (Å²) in [5.74, 6) is 0.944. The molecule has 1 heterocycles. The smallest absolute Gasteiger partial charge is 0.142 e. The molecule has 0 spiro atoms. The van der Waals surface area contributed by atoms with E-state index in [4.69, 9.17) is 10.5 Å². The topological polar surface area (TPSA) is 71.9 Å². The van der Waals surface area contributed by atoms with Gasteiger partial charge in [0.05, 0.1) is 12.8 Å². The lowest BCUT2D eigenvalue weighted by Gasteiger charge is -2.10. The molecule has 0 radical (unpaired) electrons. The largest absolute Gasteiger partial charge is 0.497 e. The van der Waals surface area contributed by atoms with Crippen molar-refractivity contribution in [2.75, 3.05) is 12.8 Å². The van der Waals surface area contributed by atoms with Crippen LogP contribution in [-0.2, 0) is 0 Å². The second-order valence-corrected chi connectivity index (χ2v) is 4.38. The van der Waals surface area contributed by atoms with Gasteiger partial charge in [0.1, 0.15) is 23.2 Å². The summed E-state index contributed by atoms with van der Waals surface area (Å²) in [7, 11) is 1.61. The second-order valence-electron chi connectivity index (χ2n) is 4.38. The van der Waals surface area contributed by atoms with Crippen LogP contribution >= 0.6 is 0 Å². The van der Waals surface area contributed by atoms with Crippen molar-refractivity contribution < 1.29 is 4.74 Å². The third-order valence-corrected chi connectivity index (χ3v) is 3.14. The zero-order chi connectivity index (χ0) is 15.4. The Bertz CT molecular complexity index is 740. The molecular weight excluding hydrogens is 262 g/mol. The first-order valence-electron chi connectivity index (χ1n) is 6.27. The molecule has 2 N–H and O–H groups in total. The maximum atomic E-state index is 9.21. The van der Waals surface area contributed by atoms with Crippen molar-refractivity contribution in [3.63, 3.8) is 0 Å². The number of nitriles is 1. The molecular formula is C17H15N3O. The van der Waals surface area contributed by atoms with E-state index in [1.54, 1.807) is 19.3 Å². The van der Waals surface area contributed by atoms with Crippen molar-refractivity contribution in [3.05, 3.63) is 60.7 Å². The molecule has 0 fully saturated rings. The van der Waals surface area contributed by atoms with Crippen molar-refractivity contribution in [1.82, 2.24) is 4.98 Å². The van der Waals surface area contributed by atoms with Gasteiger partial charge in [0.15, 0.2) is 0 Å². The van der Waals surface area contributed by atoms with Crippen molar-refractivity contribution in [3.8, 4) is 23.1 Å². The van der Waals surface area contributed by atoms with E-state index in [0.29, 0.717) is 22.4 Å². The minimum atomic E-state index is 0.184. The van der Waals surface area contributed by atoms with Crippen LogP contribution in [0.15, 0.2) is 49.6 Å². The first kappa shape index (κ1) is 14.4. The number of nitrogens with two attached hydrogens (primary N) is 1. The van der Waals surface area contributed by atoms with Crippen molar-refractivity contribution in [1.29, 1.82) is 5.26 Å². The molecule has 4 heteroatoms. The van der Waals surface area contributed by atoms with Gasteiger partial charge in [-0.1, -0.05) is 19.2 Å². The molecule has 2 aromatic rings. The van der Waals surface area contributed by atoms with E-state index in [-0.39, 0.29) is 5.82 Å². The average molecular weight is 277 g/mol. The lowest BCUT2D eigenvalue weighted by molar-refractivity contribution is 0.415. The van der Waals surface area contributed by atoms with Gasteiger partial charge in [-0.15, -0.1) is 0 Å². The number of aromatic nitrogens is 1. The fourth-order valence-electron chi connectivity index (χ4n) is 1.96. The second kappa shape index (κ2) is 5.93. The summed E-state index contributed by atoms with van der Waals surface area (Å²) in [6, 6.07) is 11.3. The van der Waals surface area contributed by atoms with Crippen LogP contribution in [0.5, 0.6) is 5.75 Å². The lowest BCUT2D eigenvalue weighted by atomic mass is 9.99. The molecule has 4 nitrogen and oxygen atoms in total. The van der Waals surface area contributed by atoms with Crippen LogP contribution in [-0.4, -0.2) is 12.1 Å². The molecule has 0 bridgehead atoms. The van der Waals surface area contributed by atoms with Crippen LogP contribution in [0.1, 0.15) is 11.1 Å². The van der Waals surface area contributed by atoms with Crippen LogP contribution in [0.25, 0.3) is 16.8 Å². The van der Waals surface area contributed by atoms with Gasteiger partial charge in [-0.25, -0.2) is 4.98 Å². The molecule has 1 aromatic carbocycles. The van der Waals surface area contributed by atoms with E-state index in [1.807, 2.05) is 24.3 Å². The van der Waals surface area contributed by atoms with Gasteiger partial charge >= 0.3 is 0 Å². The third-order valence-electron chi connectivity index (χ3n) is 3.14. The van der Waals surface area contributed by atoms with E-state index in [2.05, 4.69) is 24.2 Å². The summed E-state index contributed by atoms with van der Waals surface area (Å²) in [5, 5.41) is 9.21. The predicted molar refractivity (Wildman–Crippen MR) is 84.6 cm³/mol. The minimum Gasteiger partial charge on any atom is -0.497 e. The molecule has 0 aliphatic rings. The standard InChI is InChI=1S/C17H15N3O/c1-4-11(2)14-9-16(20-17(19)15(14)10-18)12-5-7-13(21-3)8-6-12/h4-9H,1-2H2,3H3,(H2,19,20). The number of ether oxygens (including phenoxy) is 1. The van der Waals surface area contributed by atoms with Crippen LogP contribution in [0, 0.1) is 11.3 Å². The van der Waals surface area contributed by atoms with Crippen LogP contribution in [0.3, 0.4) is 0 Å². The zero-order valence-corrected chi connectivity index (χ0v) is 11.8. The number of nitrogens with zero attached hydrogens (tertiary/aromatic N) is 2. The molecule has 0 aliphatic carbocycles. The van der Waals surface area contributed by atoms with E-state index >= 15 is 0 Å². The van der Waals surface area contributed by atoms with Gasteiger partial charge in [0, 0.05) is 11.1 Å². The summed E-state index contributed by atoms with van der Waals surface area (Å²) < 4.78 is 5.13. The maximum absolute atomic E-state index is 9.21. The monoisotopic (exact) mass is 277 g/mol. The number of hydrogen-bond acceptors (Lipinski definition) is 4. The van der Waals surface area contributed by atoms with Gasteiger partial charge in [-0.05, 0) is 35.9 Å². The highest BCUT2D eigenvalue weighted by Crippen LogP contribution is 2.28. The summed E-state index contributed by atoms with van der Waals surface area (Å²) in [4.78, 5) is 4.29. The fraction of sp³-hybridized carbons (Fsp3) is 0.0588. The molecule has 0 atom stereocenters. The van der Waals surface area contributed by atoms with Gasteiger partial charge < -0.3 is 10.5 Å². The number of nitrogen functional groups attached to an aromatic ring is 1. The summed E-state index contributed by atoms with van der Waals surface area (Å²) in [6.45, 7) is 7.56. The summed E-state index contributed by atoms with van der Waals surface area (Å²) in [6.07, 6.45) is 1.59. The molecule has 2 rings (SSSR count). The number of benzene rings is 1. The van der Waals surface area contributed by atoms with E-state index in [9.17, 15) is 5.26 Å². The average Bonchev–Trinajstić information content (AvgIpc) is 2.53. The van der Waals surface area contributed by atoms with Crippen molar-refractivity contribution >= 4 is 11.4 Å². The predicted octanol–water partition coefficient (Wildman–Crippen LogP) is 3.41. The van der Waals surface area contributed by atoms with Gasteiger partial charge in [0.25, 0.3) is 0 Å². The Morgan fingerprint density at radius 3 is 2.57 bits per heavy atom. The Morgan fingerprint density at radius 2 is 2.05 bits per heavy atom. The molecule has 0 aliphatic heterocycles. The lowest BCUT2D eigenvalue weighted by Crippen LogP contribution is -2.01. The van der Waals surface area contributed by atoms with Crippen LogP contribution in [0.2, 0.25) is 0 Å². The number of pyridine rings is 1. The van der Waals surface area contributed by atoms with Gasteiger partial charge in [0.2, 0.25) is 0 Å². The fourth-order valence-corrected chi connectivity index (χ4v) is 1.96. The summed E-state index contributed by atoms with van der Waals surface area (Å²) in [5.41, 5.74) is 9.03. The van der Waals surface area contributed by atoms with Crippen LogP contribution in [0.4, 0.5) is 5.82 Å². The SMILES string of the molecule is C=CC(=C)c1cc(-c2ccc(OC)cc2)nc(N)c1C#N. The first-order chi connectivity index (χ1) is 10.1. The Hall–Kier alpha value is -3.06. The quantitative estimate of drug-likeness (QED) is 0.869. The summed E-state index contributed by atoms with van der Waals surface area (Å²) >= 11 is 0. The van der Waals surface area contributed by atoms with Gasteiger partial charge in [-0.3, -0.25) is 0 Å². The Morgan fingerprint density at radius 1 is 1.38 bits per heavy atom. The molecule has 0 unspecified atom stereocenters. The molecule has 1 aromatic heterocycles. The number of allylic oxidation sites excluding steroid dienone is 2. The number of hydrogen-bond donors (Lipinski definition) is 1. The highest BCUT2D eigenvalue weighted by molar-refractivity contribution is 5.81. The highest BCUT2D eigenvalue weighted by atomic mass is 16.5. The van der Waals surface area contributed by atoms with E-state index < -0.39 is 0 Å². The van der Waals surface area contributed by atoms with Crippen molar-refractivity contribution in [2.24, 2.45) is 0 Å². The minimum absolute atomic E-state index is 0.184. The molecule has 0 amide bonds. The van der Waals surface area contributed by atoms with Crippen LogP contribution < -0.4 is 10.5 Å². The maximum Gasteiger partial charge on any atom is 0.142 e. The zero-order valence-electron chi connectivity index (χ0n) is 11.8. The molecule has 0 saturated heterocycles. The van der Waals surface area contributed by atoms with Crippen molar-refractivity contribution in [2.45, 2.75) is 0 Å². The van der Waals surface area contributed by atoms with E-state index in [0.717, 1.165) is 11.3 Å². The number of methoxy groups -OCH3 is 1. The highest BCUT2D eigenvalue weighted by Gasteiger charge is 2.12. The Kier molecular flexibility index (Phi) is 4.05. The molecule has 104 valence electrons. The molecule has 0 saturated carbocycles. The first-order valence-corrected chi connectivity index (χ1v) is 6.27. The third kappa shape index (κ3) is 2.77. The number of anilines is 1. The number of rotatable bonds is 4. The van der Waals surface area contributed by atoms with Gasteiger partial charge in [-0.2, -0.15) is 5.26 Å². The van der Waals surface area contributed by atoms with E-state index in [1.165, 1.54) is 0 Å². The Labute approximate surface area is 123 Å².